The summed E-state index contributed by atoms with van der Waals surface area (Å²) in [5, 5.41) is 5.46. The molecule has 21 heavy (non-hydrogen) atoms. The topological polar surface area (TPSA) is 67.3 Å². The molecule has 1 aromatic carbocycles. The van der Waals surface area contributed by atoms with E-state index in [2.05, 4.69) is 17.2 Å². The van der Waals surface area contributed by atoms with Crippen LogP contribution >= 0.6 is 11.3 Å². The second-order valence-electron chi connectivity index (χ2n) is 4.61. The van der Waals surface area contributed by atoms with Gasteiger partial charge in [-0.05, 0) is 35.7 Å². The van der Waals surface area contributed by atoms with Gasteiger partial charge in [-0.25, -0.2) is 4.79 Å². The number of ether oxygens (including phenoxy) is 1. The first-order chi connectivity index (χ1) is 10.2. The smallest absolute Gasteiger partial charge is 0.417 e. The second kappa shape index (κ2) is 5.75. The van der Waals surface area contributed by atoms with Gasteiger partial charge in [0.15, 0.2) is 5.58 Å². The molecule has 0 fully saturated rings. The SMILES string of the molecule is CCNC(c1ccc2[nH]c(=O)oc2c1)c1sccc1OC. The van der Waals surface area contributed by atoms with Crippen LogP contribution in [0.15, 0.2) is 38.9 Å². The van der Waals surface area contributed by atoms with Crippen molar-refractivity contribution in [2.45, 2.75) is 13.0 Å². The number of aromatic amines is 1. The van der Waals surface area contributed by atoms with E-state index in [1.165, 1.54) is 0 Å². The highest BCUT2D eigenvalue weighted by Gasteiger charge is 2.19. The molecule has 110 valence electrons. The minimum Gasteiger partial charge on any atom is -0.496 e. The van der Waals surface area contributed by atoms with Crippen molar-refractivity contribution in [3.63, 3.8) is 0 Å². The molecule has 2 heterocycles. The largest absolute Gasteiger partial charge is 0.496 e. The lowest BCUT2D eigenvalue weighted by molar-refractivity contribution is 0.408. The monoisotopic (exact) mass is 304 g/mol. The van der Waals surface area contributed by atoms with Crippen LogP contribution in [0.4, 0.5) is 0 Å². The molecule has 1 atom stereocenters. The molecule has 2 N–H and O–H groups in total. The zero-order valence-corrected chi connectivity index (χ0v) is 12.6. The minimum atomic E-state index is -0.434. The number of thiophene rings is 1. The Labute approximate surface area is 125 Å². The fourth-order valence-corrected chi connectivity index (χ4v) is 3.36. The first-order valence-electron chi connectivity index (χ1n) is 6.70. The molecule has 2 aromatic heterocycles. The molecule has 6 heteroatoms. The number of nitrogens with one attached hydrogen (secondary N) is 2. The van der Waals surface area contributed by atoms with E-state index in [0.29, 0.717) is 11.1 Å². The van der Waals surface area contributed by atoms with Crippen molar-refractivity contribution < 1.29 is 9.15 Å². The van der Waals surface area contributed by atoms with Gasteiger partial charge in [0.05, 0.1) is 23.5 Å². The van der Waals surface area contributed by atoms with Gasteiger partial charge in [-0.1, -0.05) is 13.0 Å². The zero-order valence-electron chi connectivity index (χ0n) is 11.8. The molecule has 0 aliphatic heterocycles. The summed E-state index contributed by atoms with van der Waals surface area (Å²) < 4.78 is 10.6. The van der Waals surface area contributed by atoms with Gasteiger partial charge in [-0.15, -0.1) is 11.3 Å². The molecule has 0 saturated heterocycles. The van der Waals surface area contributed by atoms with Crippen LogP contribution in [0.5, 0.6) is 5.75 Å². The number of hydrogen-bond donors (Lipinski definition) is 2. The van der Waals surface area contributed by atoms with E-state index < -0.39 is 5.76 Å². The molecular formula is C15H16N2O3S. The lowest BCUT2D eigenvalue weighted by atomic mass is 10.0. The van der Waals surface area contributed by atoms with Crippen LogP contribution in [-0.2, 0) is 0 Å². The third kappa shape index (κ3) is 2.59. The maximum Gasteiger partial charge on any atom is 0.417 e. The van der Waals surface area contributed by atoms with Crippen molar-refractivity contribution >= 4 is 22.4 Å². The van der Waals surface area contributed by atoms with E-state index in [0.717, 1.165) is 22.7 Å². The predicted molar refractivity (Wildman–Crippen MR) is 83.2 cm³/mol. The molecule has 0 aliphatic carbocycles. The van der Waals surface area contributed by atoms with Crippen LogP contribution < -0.4 is 15.8 Å². The van der Waals surface area contributed by atoms with Crippen LogP contribution in [0.2, 0.25) is 0 Å². The molecule has 0 saturated carbocycles. The molecule has 0 radical (unpaired) electrons. The summed E-state index contributed by atoms with van der Waals surface area (Å²) in [6.07, 6.45) is 0. The Kier molecular flexibility index (Phi) is 3.81. The van der Waals surface area contributed by atoms with Crippen molar-refractivity contribution in [2.24, 2.45) is 0 Å². The highest BCUT2D eigenvalue weighted by Crippen LogP contribution is 2.35. The van der Waals surface area contributed by atoms with Gasteiger partial charge in [0.1, 0.15) is 5.75 Å². The van der Waals surface area contributed by atoms with Crippen molar-refractivity contribution in [1.29, 1.82) is 0 Å². The summed E-state index contributed by atoms with van der Waals surface area (Å²) >= 11 is 1.64. The van der Waals surface area contributed by atoms with E-state index in [1.54, 1.807) is 18.4 Å². The highest BCUT2D eigenvalue weighted by molar-refractivity contribution is 7.10. The van der Waals surface area contributed by atoms with Crippen LogP contribution in [0.3, 0.4) is 0 Å². The predicted octanol–water partition coefficient (Wildman–Crippen LogP) is 2.89. The Morgan fingerprint density at radius 2 is 2.29 bits per heavy atom. The van der Waals surface area contributed by atoms with Crippen LogP contribution in [0.1, 0.15) is 23.4 Å². The summed E-state index contributed by atoms with van der Waals surface area (Å²) in [6.45, 7) is 2.88. The molecule has 0 spiro atoms. The number of oxazole rings is 1. The van der Waals surface area contributed by atoms with E-state index in [9.17, 15) is 4.79 Å². The van der Waals surface area contributed by atoms with E-state index >= 15 is 0 Å². The number of H-pyrrole nitrogens is 1. The Bertz CT molecular complexity index is 802. The number of fused-ring (bicyclic) bond motifs is 1. The molecule has 1 unspecified atom stereocenters. The standard InChI is InChI=1S/C15H16N2O3S/c1-3-16-13(14-11(19-2)6-7-21-14)9-4-5-10-12(8-9)20-15(18)17-10/h4-8,13,16H,3H2,1-2H3,(H,17,18). The summed E-state index contributed by atoms with van der Waals surface area (Å²) in [7, 11) is 1.67. The summed E-state index contributed by atoms with van der Waals surface area (Å²) in [4.78, 5) is 15.0. The lowest BCUT2D eigenvalue weighted by Gasteiger charge is -2.18. The summed E-state index contributed by atoms with van der Waals surface area (Å²) in [5.74, 6) is 0.428. The van der Waals surface area contributed by atoms with Crippen LogP contribution in [0, 0.1) is 0 Å². The van der Waals surface area contributed by atoms with Gasteiger partial charge in [0.2, 0.25) is 0 Å². The van der Waals surface area contributed by atoms with Gasteiger partial charge >= 0.3 is 5.76 Å². The van der Waals surface area contributed by atoms with Crippen molar-refractivity contribution in [1.82, 2.24) is 10.3 Å². The number of rotatable bonds is 5. The maximum absolute atomic E-state index is 11.3. The molecule has 0 aliphatic rings. The normalized spacial score (nSPS) is 12.7. The average Bonchev–Trinajstić information content (AvgIpc) is 3.08. The summed E-state index contributed by atoms with van der Waals surface area (Å²) in [6, 6.07) is 7.70. The Hall–Kier alpha value is -2.05. The minimum absolute atomic E-state index is 0.00884. The Balaban J connectivity index is 2.08. The van der Waals surface area contributed by atoms with Gasteiger partial charge in [0.25, 0.3) is 0 Å². The molecule has 0 amide bonds. The van der Waals surface area contributed by atoms with Gasteiger partial charge in [-0.3, -0.25) is 4.98 Å². The zero-order chi connectivity index (χ0) is 14.8. The fourth-order valence-electron chi connectivity index (χ4n) is 2.40. The Morgan fingerprint density at radius 1 is 1.43 bits per heavy atom. The molecular weight excluding hydrogens is 288 g/mol. The van der Waals surface area contributed by atoms with E-state index in [4.69, 9.17) is 9.15 Å². The van der Waals surface area contributed by atoms with E-state index in [1.807, 2.05) is 29.6 Å². The summed E-state index contributed by atoms with van der Waals surface area (Å²) in [5.41, 5.74) is 2.31. The molecule has 3 aromatic rings. The number of benzene rings is 1. The van der Waals surface area contributed by atoms with Crippen LogP contribution in [-0.4, -0.2) is 18.6 Å². The van der Waals surface area contributed by atoms with E-state index in [-0.39, 0.29) is 6.04 Å². The number of aromatic nitrogens is 1. The number of methoxy groups -OCH3 is 1. The van der Waals surface area contributed by atoms with Crippen molar-refractivity contribution in [2.75, 3.05) is 13.7 Å². The van der Waals surface area contributed by atoms with Gasteiger partial charge in [-0.2, -0.15) is 0 Å². The third-order valence-electron chi connectivity index (χ3n) is 3.33. The molecule has 5 nitrogen and oxygen atoms in total. The quantitative estimate of drug-likeness (QED) is 0.760. The van der Waals surface area contributed by atoms with Gasteiger partial charge < -0.3 is 14.5 Å². The molecule has 0 bridgehead atoms. The average molecular weight is 304 g/mol. The lowest BCUT2D eigenvalue weighted by Crippen LogP contribution is -2.21. The number of hydrogen-bond acceptors (Lipinski definition) is 5. The van der Waals surface area contributed by atoms with Crippen molar-refractivity contribution in [3.8, 4) is 5.75 Å². The first-order valence-corrected chi connectivity index (χ1v) is 7.58. The maximum atomic E-state index is 11.3. The van der Waals surface area contributed by atoms with Crippen LogP contribution in [0.25, 0.3) is 11.1 Å². The fraction of sp³-hybridized carbons (Fsp3) is 0.267. The van der Waals surface area contributed by atoms with Crippen molar-refractivity contribution in [3.05, 3.63) is 50.6 Å². The Morgan fingerprint density at radius 3 is 3.05 bits per heavy atom. The highest BCUT2D eigenvalue weighted by atomic mass is 32.1. The molecule has 3 rings (SSSR count). The van der Waals surface area contributed by atoms with Gasteiger partial charge in [0, 0.05) is 0 Å². The first kappa shape index (κ1) is 13.9. The third-order valence-corrected chi connectivity index (χ3v) is 4.29. The second-order valence-corrected chi connectivity index (χ2v) is 5.56.